The van der Waals surface area contributed by atoms with Crippen LogP contribution in [0.3, 0.4) is 0 Å². The van der Waals surface area contributed by atoms with E-state index in [0.29, 0.717) is 0 Å². The molecule has 4 rings (SSSR count). The van der Waals surface area contributed by atoms with E-state index in [9.17, 15) is 0 Å². The monoisotopic (exact) mass is 356 g/mol. The third-order valence-electron chi connectivity index (χ3n) is 5.08. The molecular formula is C24H24N2O. The highest BCUT2D eigenvalue weighted by Gasteiger charge is 2.21. The minimum absolute atomic E-state index is 0.858. The van der Waals surface area contributed by atoms with Crippen LogP contribution in [0.15, 0.2) is 54.7 Å². The van der Waals surface area contributed by atoms with E-state index in [0.717, 1.165) is 51.8 Å². The van der Waals surface area contributed by atoms with Gasteiger partial charge in [-0.25, -0.2) is 0 Å². The minimum Gasteiger partial charge on any atom is -0.456 e. The zero-order valence-corrected chi connectivity index (χ0v) is 16.1. The number of nitrogens with zero attached hydrogens (tertiary/aromatic N) is 2. The average molecular weight is 356 g/mol. The Hall–Kier alpha value is -3.07. The van der Waals surface area contributed by atoms with Crippen molar-refractivity contribution in [2.45, 2.75) is 20.8 Å². The van der Waals surface area contributed by atoms with Gasteiger partial charge in [0.25, 0.3) is 0 Å². The number of ether oxygens (including phenoxy) is 1. The van der Waals surface area contributed by atoms with Crippen molar-refractivity contribution in [3.05, 3.63) is 82.0 Å². The second kappa shape index (κ2) is 6.92. The molecule has 0 saturated heterocycles. The predicted octanol–water partition coefficient (Wildman–Crippen LogP) is 4.00. The molecule has 1 aliphatic heterocycles. The Kier molecular flexibility index (Phi) is 4.44. The molecule has 0 aliphatic carbocycles. The van der Waals surface area contributed by atoms with Gasteiger partial charge >= 0.3 is 0 Å². The second-order valence-corrected chi connectivity index (χ2v) is 6.85. The summed E-state index contributed by atoms with van der Waals surface area (Å²) in [5.74, 6) is 1.75. The fourth-order valence-electron chi connectivity index (χ4n) is 3.72. The van der Waals surface area contributed by atoms with Crippen molar-refractivity contribution >= 4 is 17.8 Å². The van der Waals surface area contributed by atoms with Crippen molar-refractivity contribution in [3.63, 3.8) is 0 Å². The molecule has 0 unspecified atom stereocenters. The molecule has 0 fully saturated rings. The second-order valence-electron chi connectivity index (χ2n) is 6.85. The lowest BCUT2D eigenvalue weighted by atomic mass is 9.92. The molecule has 0 radical (unpaired) electrons. The molecule has 0 amide bonds. The lowest BCUT2D eigenvalue weighted by Gasteiger charge is -2.25. The van der Waals surface area contributed by atoms with Crippen LogP contribution in [0.25, 0.3) is 12.2 Å². The zero-order valence-electron chi connectivity index (χ0n) is 16.1. The number of aryl methyl sites for hydroxylation is 1. The molecule has 0 bridgehead atoms. The van der Waals surface area contributed by atoms with E-state index >= 15 is 0 Å². The Morgan fingerprint density at radius 2 is 1.78 bits per heavy atom. The van der Waals surface area contributed by atoms with Gasteiger partial charge in [-0.3, -0.25) is 4.98 Å². The molecule has 0 N–H and O–H groups in total. The normalized spacial score (nSPS) is 12.2. The zero-order chi connectivity index (χ0) is 19.0. The lowest BCUT2D eigenvalue weighted by molar-refractivity contribution is 0.472. The fraction of sp³-hybridized carbons (Fsp3) is 0.208. The molecule has 0 spiro atoms. The Bertz CT molecular complexity index is 1110. The standard InChI is InChI=1S/C24H24N2O/c1-5-26(6-2)19-8-10-21-23(15-19)27-22-13-16(3)7-9-20(22)24(21)18-11-12-25-17(4)14-18/h7-15H,3,5-6H2,1-2,4H3. The third-order valence-corrected chi connectivity index (χ3v) is 5.08. The van der Waals surface area contributed by atoms with Crippen molar-refractivity contribution in [3.8, 4) is 11.5 Å². The molecule has 0 saturated carbocycles. The van der Waals surface area contributed by atoms with Crippen LogP contribution in [0.5, 0.6) is 11.5 Å². The van der Waals surface area contributed by atoms with Crippen LogP contribution in [0.1, 0.15) is 30.7 Å². The first-order valence-corrected chi connectivity index (χ1v) is 9.44. The molecule has 3 heteroatoms. The van der Waals surface area contributed by atoms with Gasteiger partial charge in [-0.1, -0.05) is 18.7 Å². The van der Waals surface area contributed by atoms with Gasteiger partial charge < -0.3 is 9.64 Å². The number of benzene rings is 2. The molecule has 2 heterocycles. The lowest BCUT2D eigenvalue weighted by Crippen LogP contribution is -2.23. The maximum absolute atomic E-state index is 6.32. The van der Waals surface area contributed by atoms with Gasteiger partial charge in [-0.2, -0.15) is 0 Å². The number of pyridine rings is 1. The van der Waals surface area contributed by atoms with Crippen LogP contribution in [-0.4, -0.2) is 18.1 Å². The van der Waals surface area contributed by atoms with E-state index in [1.54, 1.807) is 0 Å². The summed E-state index contributed by atoms with van der Waals surface area (Å²) in [6.07, 6.45) is 1.87. The smallest absolute Gasteiger partial charge is 0.137 e. The summed E-state index contributed by atoms with van der Waals surface area (Å²) in [5.41, 5.74) is 5.63. The number of rotatable bonds is 4. The van der Waals surface area contributed by atoms with Crippen molar-refractivity contribution in [1.29, 1.82) is 0 Å². The van der Waals surface area contributed by atoms with E-state index in [1.165, 1.54) is 11.3 Å². The largest absolute Gasteiger partial charge is 0.456 e. The van der Waals surface area contributed by atoms with Crippen LogP contribution >= 0.6 is 0 Å². The van der Waals surface area contributed by atoms with Gasteiger partial charge in [0.1, 0.15) is 11.5 Å². The molecular weight excluding hydrogens is 332 g/mol. The number of hydrogen-bond donors (Lipinski definition) is 0. The van der Waals surface area contributed by atoms with Crippen LogP contribution in [-0.2, 0) is 0 Å². The maximum Gasteiger partial charge on any atom is 0.137 e. The topological polar surface area (TPSA) is 25.4 Å². The van der Waals surface area contributed by atoms with Gasteiger partial charge in [0.15, 0.2) is 0 Å². The van der Waals surface area contributed by atoms with Crippen LogP contribution in [0.4, 0.5) is 5.69 Å². The number of anilines is 1. The number of fused-ring (bicyclic) bond motifs is 2. The highest BCUT2D eigenvalue weighted by atomic mass is 16.5. The Labute approximate surface area is 160 Å². The quantitative estimate of drug-likeness (QED) is 0.553. The molecule has 3 nitrogen and oxygen atoms in total. The molecule has 2 aromatic carbocycles. The summed E-state index contributed by atoms with van der Waals surface area (Å²) in [4.78, 5) is 6.69. The Morgan fingerprint density at radius 1 is 0.963 bits per heavy atom. The summed E-state index contributed by atoms with van der Waals surface area (Å²) in [6.45, 7) is 12.4. The first kappa shape index (κ1) is 17.3. The fourth-order valence-corrected chi connectivity index (χ4v) is 3.72. The van der Waals surface area contributed by atoms with E-state index in [1.807, 2.05) is 25.3 Å². The van der Waals surface area contributed by atoms with Crippen molar-refractivity contribution in [2.75, 3.05) is 18.0 Å². The van der Waals surface area contributed by atoms with Gasteiger partial charge in [0, 0.05) is 53.1 Å². The Balaban J connectivity index is 2.00. The third kappa shape index (κ3) is 3.10. The highest BCUT2D eigenvalue weighted by Crippen LogP contribution is 2.38. The highest BCUT2D eigenvalue weighted by molar-refractivity contribution is 5.86. The summed E-state index contributed by atoms with van der Waals surface area (Å²) in [6, 6.07) is 16.8. The van der Waals surface area contributed by atoms with E-state index < -0.39 is 0 Å². The van der Waals surface area contributed by atoms with Gasteiger partial charge in [0.2, 0.25) is 0 Å². The Morgan fingerprint density at radius 3 is 2.52 bits per heavy atom. The first-order valence-electron chi connectivity index (χ1n) is 9.44. The SMILES string of the molecule is C=c1ccc2c(c1)Oc1cc(N(CC)CC)ccc1C=2c1ccnc(C)c1. The molecule has 0 atom stereocenters. The number of aromatic nitrogens is 1. The summed E-state index contributed by atoms with van der Waals surface area (Å²) < 4.78 is 6.32. The number of hydrogen-bond acceptors (Lipinski definition) is 3. The van der Waals surface area contributed by atoms with Crippen molar-refractivity contribution < 1.29 is 4.74 Å². The van der Waals surface area contributed by atoms with Gasteiger partial charge in [-0.05, 0) is 61.9 Å². The van der Waals surface area contributed by atoms with Crippen LogP contribution in [0.2, 0.25) is 0 Å². The molecule has 136 valence electrons. The average Bonchev–Trinajstić information content (AvgIpc) is 2.67. The summed E-state index contributed by atoms with van der Waals surface area (Å²) in [5, 5.41) is 2.04. The predicted molar refractivity (Wildman–Crippen MR) is 112 cm³/mol. The van der Waals surface area contributed by atoms with Crippen LogP contribution < -0.4 is 20.1 Å². The summed E-state index contributed by atoms with van der Waals surface area (Å²) in [7, 11) is 0. The van der Waals surface area contributed by atoms with E-state index in [-0.39, 0.29) is 0 Å². The van der Waals surface area contributed by atoms with Gasteiger partial charge in [-0.15, -0.1) is 0 Å². The minimum atomic E-state index is 0.858. The molecule has 1 aliphatic rings. The van der Waals surface area contributed by atoms with Crippen molar-refractivity contribution in [2.24, 2.45) is 0 Å². The van der Waals surface area contributed by atoms with Gasteiger partial charge in [0.05, 0.1) is 0 Å². The van der Waals surface area contributed by atoms with Crippen LogP contribution in [0, 0.1) is 6.92 Å². The van der Waals surface area contributed by atoms with E-state index in [2.05, 4.69) is 66.7 Å². The molecule has 3 aromatic rings. The van der Waals surface area contributed by atoms with Crippen molar-refractivity contribution in [1.82, 2.24) is 4.98 Å². The first-order chi connectivity index (χ1) is 13.1. The molecule has 1 aromatic heterocycles. The van der Waals surface area contributed by atoms with E-state index in [4.69, 9.17) is 4.74 Å². The maximum atomic E-state index is 6.32. The molecule has 27 heavy (non-hydrogen) atoms. The summed E-state index contributed by atoms with van der Waals surface area (Å²) >= 11 is 0.